The Bertz CT molecular complexity index is 874. The first-order chi connectivity index (χ1) is 14.8. The number of carbonyl (C=O) groups excluding carboxylic acids is 2. The fraction of sp³-hybridized carbons (Fsp3) is 0.609. The molecule has 0 radical (unpaired) electrons. The molecule has 2 heterocycles. The zero-order valence-corrected chi connectivity index (χ0v) is 18.6. The van der Waals surface area contributed by atoms with E-state index in [0.717, 1.165) is 12.8 Å². The molecule has 0 bridgehead atoms. The quantitative estimate of drug-likeness (QED) is 0.683. The van der Waals surface area contributed by atoms with Crippen LogP contribution in [0.15, 0.2) is 12.3 Å². The van der Waals surface area contributed by atoms with E-state index in [0.29, 0.717) is 24.2 Å². The smallest absolute Gasteiger partial charge is 0.259 e. The molecule has 1 saturated carbocycles. The number of fused-ring (bicyclic) bond motifs is 1. The summed E-state index contributed by atoms with van der Waals surface area (Å²) < 4.78 is 11.1. The molecule has 2 amide bonds. The summed E-state index contributed by atoms with van der Waals surface area (Å²) in [5, 5.41) is 9.72. The third kappa shape index (κ3) is 5.54. The standard InChI is InChI=1S/C23H31N3O5/c1-15-12-26(16(2)14-27)23(29)19-10-17(6-5-9-30-4)11-24-21(19)31-20(15)13-25(3)22(28)18-7-8-18/h10-11,15-16,18,20,27H,7-9,12-14H2,1-4H3/t15-,16+,20-/m0/s1. The lowest BCUT2D eigenvalue weighted by Crippen LogP contribution is -2.50. The van der Waals surface area contributed by atoms with Gasteiger partial charge in [0.15, 0.2) is 0 Å². The number of aliphatic hydroxyl groups is 1. The summed E-state index contributed by atoms with van der Waals surface area (Å²) in [6.45, 7) is 4.72. The summed E-state index contributed by atoms with van der Waals surface area (Å²) >= 11 is 0. The third-order valence-corrected chi connectivity index (χ3v) is 5.73. The maximum atomic E-state index is 13.3. The zero-order chi connectivity index (χ0) is 22.5. The van der Waals surface area contributed by atoms with E-state index in [1.54, 1.807) is 43.1 Å². The number of hydrogen-bond donors (Lipinski definition) is 1. The molecular weight excluding hydrogens is 398 g/mol. The predicted octanol–water partition coefficient (Wildman–Crippen LogP) is 1.17. The van der Waals surface area contributed by atoms with Gasteiger partial charge in [-0.15, -0.1) is 0 Å². The average Bonchev–Trinajstić information content (AvgIpc) is 3.61. The first-order valence-electron chi connectivity index (χ1n) is 10.7. The van der Waals surface area contributed by atoms with Gasteiger partial charge >= 0.3 is 0 Å². The molecule has 0 unspecified atom stereocenters. The predicted molar refractivity (Wildman–Crippen MR) is 115 cm³/mol. The van der Waals surface area contributed by atoms with E-state index in [4.69, 9.17) is 9.47 Å². The van der Waals surface area contributed by atoms with Gasteiger partial charge in [0.25, 0.3) is 5.91 Å². The van der Waals surface area contributed by atoms with Crippen molar-refractivity contribution in [3.05, 3.63) is 23.4 Å². The zero-order valence-electron chi connectivity index (χ0n) is 18.6. The second kappa shape index (κ2) is 10.1. The first kappa shape index (κ1) is 23.0. The third-order valence-electron chi connectivity index (χ3n) is 5.73. The molecule has 1 aliphatic carbocycles. The van der Waals surface area contributed by atoms with Crippen molar-refractivity contribution in [1.29, 1.82) is 0 Å². The number of methoxy groups -OCH3 is 1. The van der Waals surface area contributed by atoms with Gasteiger partial charge in [0, 0.05) is 44.3 Å². The Labute approximate surface area is 183 Å². The molecular formula is C23H31N3O5. The van der Waals surface area contributed by atoms with Crippen molar-refractivity contribution in [2.24, 2.45) is 11.8 Å². The number of aromatic nitrogens is 1. The molecule has 3 rings (SSSR count). The van der Waals surface area contributed by atoms with Crippen molar-refractivity contribution in [1.82, 2.24) is 14.8 Å². The van der Waals surface area contributed by atoms with E-state index < -0.39 is 0 Å². The van der Waals surface area contributed by atoms with Gasteiger partial charge in [0.2, 0.25) is 11.8 Å². The fourth-order valence-corrected chi connectivity index (χ4v) is 3.60. The van der Waals surface area contributed by atoms with Crippen LogP contribution in [0.25, 0.3) is 0 Å². The molecule has 2 aliphatic rings. The lowest BCUT2D eigenvalue weighted by atomic mass is 9.99. The summed E-state index contributed by atoms with van der Waals surface area (Å²) in [7, 11) is 3.35. The minimum absolute atomic E-state index is 0.0662. The van der Waals surface area contributed by atoms with E-state index in [1.165, 1.54) is 0 Å². The Hall–Kier alpha value is -2.63. The van der Waals surface area contributed by atoms with E-state index >= 15 is 0 Å². The van der Waals surface area contributed by atoms with Crippen LogP contribution in [-0.2, 0) is 9.53 Å². The molecule has 0 aromatic carbocycles. The van der Waals surface area contributed by atoms with Crippen LogP contribution >= 0.6 is 0 Å². The highest BCUT2D eigenvalue weighted by Gasteiger charge is 2.37. The van der Waals surface area contributed by atoms with Crippen LogP contribution in [0.4, 0.5) is 0 Å². The highest BCUT2D eigenvalue weighted by Crippen LogP contribution is 2.32. The molecule has 8 heteroatoms. The summed E-state index contributed by atoms with van der Waals surface area (Å²) in [5.41, 5.74) is 0.883. The van der Waals surface area contributed by atoms with Crippen LogP contribution in [0.3, 0.4) is 0 Å². The van der Waals surface area contributed by atoms with Gasteiger partial charge < -0.3 is 24.4 Å². The van der Waals surface area contributed by atoms with Gasteiger partial charge in [-0.3, -0.25) is 9.59 Å². The molecule has 3 atom stereocenters. The Morgan fingerprint density at radius 2 is 2.23 bits per heavy atom. The molecule has 8 nitrogen and oxygen atoms in total. The number of rotatable bonds is 6. The molecule has 1 N–H and O–H groups in total. The van der Waals surface area contributed by atoms with Gasteiger partial charge in [0.05, 0.1) is 19.2 Å². The van der Waals surface area contributed by atoms with E-state index in [1.807, 2.05) is 6.92 Å². The number of amides is 2. The summed E-state index contributed by atoms with van der Waals surface area (Å²) in [5.74, 6) is 5.94. The van der Waals surface area contributed by atoms with Crippen LogP contribution in [0.1, 0.15) is 42.6 Å². The summed E-state index contributed by atoms with van der Waals surface area (Å²) in [4.78, 5) is 33.5. The summed E-state index contributed by atoms with van der Waals surface area (Å²) in [6.07, 6.45) is 3.11. The van der Waals surface area contributed by atoms with Crippen LogP contribution in [-0.4, -0.2) is 84.3 Å². The number of aliphatic hydroxyl groups excluding tert-OH is 1. The van der Waals surface area contributed by atoms with Crippen LogP contribution in [0.2, 0.25) is 0 Å². The molecule has 1 fully saturated rings. The lowest BCUT2D eigenvalue weighted by molar-refractivity contribution is -0.132. The van der Waals surface area contributed by atoms with Crippen LogP contribution in [0, 0.1) is 23.7 Å². The Balaban J connectivity index is 1.93. The van der Waals surface area contributed by atoms with E-state index in [-0.39, 0.29) is 54.9 Å². The maximum absolute atomic E-state index is 13.3. The number of pyridine rings is 1. The van der Waals surface area contributed by atoms with Crippen molar-refractivity contribution in [2.45, 2.75) is 38.8 Å². The minimum Gasteiger partial charge on any atom is -0.472 e. The lowest BCUT2D eigenvalue weighted by Gasteiger charge is -2.37. The normalized spacial score (nSPS) is 21.7. The monoisotopic (exact) mass is 429 g/mol. The Kier molecular flexibility index (Phi) is 7.52. The largest absolute Gasteiger partial charge is 0.472 e. The van der Waals surface area contributed by atoms with Gasteiger partial charge in [-0.25, -0.2) is 4.98 Å². The highest BCUT2D eigenvalue weighted by atomic mass is 16.5. The molecule has 31 heavy (non-hydrogen) atoms. The Morgan fingerprint density at radius 1 is 1.48 bits per heavy atom. The Morgan fingerprint density at radius 3 is 2.87 bits per heavy atom. The van der Waals surface area contributed by atoms with Gasteiger partial charge in [-0.2, -0.15) is 0 Å². The van der Waals surface area contributed by atoms with Crippen LogP contribution < -0.4 is 4.74 Å². The maximum Gasteiger partial charge on any atom is 0.259 e. The molecule has 1 aromatic rings. The summed E-state index contributed by atoms with van der Waals surface area (Å²) in [6, 6.07) is 1.30. The molecule has 1 aromatic heterocycles. The van der Waals surface area contributed by atoms with Crippen LogP contribution in [0.5, 0.6) is 5.88 Å². The van der Waals surface area contributed by atoms with Crippen molar-refractivity contribution >= 4 is 11.8 Å². The highest BCUT2D eigenvalue weighted by molar-refractivity contribution is 5.97. The van der Waals surface area contributed by atoms with E-state index in [9.17, 15) is 14.7 Å². The topological polar surface area (TPSA) is 92.2 Å². The van der Waals surface area contributed by atoms with Crippen molar-refractivity contribution < 1.29 is 24.2 Å². The van der Waals surface area contributed by atoms with E-state index in [2.05, 4.69) is 16.8 Å². The van der Waals surface area contributed by atoms with Gasteiger partial charge in [0.1, 0.15) is 18.3 Å². The second-order valence-electron chi connectivity index (χ2n) is 8.43. The average molecular weight is 430 g/mol. The van der Waals surface area contributed by atoms with Crippen molar-refractivity contribution in [2.75, 3.05) is 40.5 Å². The molecule has 0 spiro atoms. The number of hydrogen-bond acceptors (Lipinski definition) is 6. The number of carbonyl (C=O) groups is 2. The number of ether oxygens (including phenoxy) is 2. The molecule has 1 aliphatic heterocycles. The molecule has 168 valence electrons. The first-order valence-corrected chi connectivity index (χ1v) is 10.7. The van der Waals surface area contributed by atoms with Crippen molar-refractivity contribution in [3.63, 3.8) is 0 Å². The number of likely N-dealkylation sites (N-methyl/N-ethyl adjacent to an activating group) is 1. The van der Waals surface area contributed by atoms with Crippen molar-refractivity contribution in [3.8, 4) is 17.7 Å². The van der Waals surface area contributed by atoms with Gasteiger partial charge in [-0.05, 0) is 25.8 Å². The SMILES string of the molecule is COCC#Cc1cnc2c(c1)C(=O)N([C@H](C)CO)C[C@H](C)[C@H](CN(C)C(=O)C1CC1)O2. The van der Waals surface area contributed by atoms with Gasteiger partial charge in [-0.1, -0.05) is 18.8 Å². The number of nitrogens with zero attached hydrogens (tertiary/aromatic N) is 3. The minimum atomic E-state index is -0.365. The molecule has 0 saturated heterocycles. The second-order valence-corrected chi connectivity index (χ2v) is 8.43. The fourth-order valence-electron chi connectivity index (χ4n) is 3.60.